The fourth-order valence-corrected chi connectivity index (χ4v) is 8.39. The van der Waals surface area contributed by atoms with Crippen LogP contribution in [0.25, 0.3) is 22.1 Å². The molecule has 4 unspecified atom stereocenters. The van der Waals surface area contributed by atoms with Gasteiger partial charge < -0.3 is 29.6 Å². The van der Waals surface area contributed by atoms with Crippen molar-refractivity contribution in [3.8, 4) is 6.07 Å². The van der Waals surface area contributed by atoms with Crippen LogP contribution < -0.4 is 9.80 Å². The molecule has 51 heavy (non-hydrogen) atoms. The number of rotatable bonds is 5. The van der Waals surface area contributed by atoms with Crippen LogP contribution in [0.1, 0.15) is 39.1 Å². The summed E-state index contributed by atoms with van der Waals surface area (Å²) in [4.78, 5) is 58.2. The smallest absolute Gasteiger partial charge is 0.254 e. The number of piperazine rings is 2. The lowest BCUT2D eigenvalue weighted by molar-refractivity contribution is 0.0717. The van der Waals surface area contributed by atoms with Gasteiger partial charge >= 0.3 is 0 Å². The molecule has 8 heterocycles. The molecular formula is C38H35N11O2. The standard InChI is InChI=1S/C20H18N6O.C18H17N5O/c21-7-5-13-3-1-2-4-16(13)20(27)26-11-14-9-15(26)10-25(14)19-17-6-8-22-18(17)23-12-24-19;24-18(12-4-2-1-3-5-12)23-10-13-8-14(23)9-22(13)17-15-6-7-19-16(15)20-11-21-17/h1-4,6,8,12,14-15H,5,9-11H2,(H,22,23,24);1-7,11,13-14H,8-10H2,(H,19,20,21). The van der Waals surface area contributed by atoms with E-state index in [1.807, 2.05) is 88.9 Å². The van der Waals surface area contributed by atoms with Gasteiger partial charge in [0.15, 0.2) is 0 Å². The summed E-state index contributed by atoms with van der Waals surface area (Å²) in [5.74, 6) is 2.07. The number of benzene rings is 2. The fraction of sp³-hybridized carbons (Fsp3) is 0.289. The Labute approximate surface area is 293 Å². The van der Waals surface area contributed by atoms with Gasteiger partial charge in [-0.2, -0.15) is 5.26 Å². The average molecular weight is 678 g/mol. The monoisotopic (exact) mass is 677 g/mol. The van der Waals surface area contributed by atoms with Crippen LogP contribution in [0.4, 0.5) is 11.6 Å². The predicted molar refractivity (Wildman–Crippen MR) is 191 cm³/mol. The van der Waals surface area contributed by atoms with Gasteiger partial charge in [0, 0.05) is 49.7 Å². The normalized spacial score (nSPS) is 21.7. The number of nitriles is 1. The molecule has 4 aliphatic heterocycles. The highest BCUT2D eigenvalue weighted by Gasteiger charge is 2.47. The van der Waals surface area contributed by atoms with Crippen molar-refractivity contribution in [2.45, 2.75) is 43.4 Å². The highest BCUT2D eigenvalue weighted by atomic mass is 16.2. The van der Waals surface area contributed by atoms with Gasteiger partial charge in [-0.15, -0.1) is 0 Å². The van der Waals surface area contributed by atoms with Gasteiger partial charge in [0.1, 0.15) is 35.6 Å². The van der Waals surface area contributed by atoms with Crippen molar-refractivity contribution in [2.75, 3.05) is 36.0 Å². The minimum atomic E-state index is 0.0301. The summed E-state index contributed by atoms with van der Waals surface area (Å²) in [5, 5.41) is 11.1. The van der Waals surface area contributed by atoms with E-state index in [9.17, 15) is 9.59 Å². The van der Waals surface area contributed by atoms with Crippen molar-refractivity contribution in [3.63, 3.8) is 0 Å². The molecule has 0 radical (unpaired) electrons. The van der Waals surface area contributed by atoms with Crippen molar-refractivity contribution < 1.29 is 9.59 Å². The average Bonchev–Trinajstić information content (AvgIpc) is 4.04. The Morgan fingerprint density at radius 3 is 1.76 bits per heavy atom. The zero-order chi connectivity index (χ0) is 34.5. The number of aromatic amines is 2. The minimum absolute atomic E-state index is 0.0301. The number of fused-ring (bicyclic) bond motifs is 6. The van der Waals surface area contributed by atoms with Gasteiger partial charge in [-0.25, -0.2) is 19.9 Å². The van der Waals surface area contributed by atoms with Crippen molar-refractivity contribution in [2.24, 2.45) is 0 Å². The maximum absolute atomic E-state index is 13.1. The first-order chi connectivity index (χ1) is 25.1. The van der Waals surface area contributed by atoms with E-state index in [0.717, 1.165) is 77.3 Å². The molecule has 4 atom stereocenters. The lowest BCUT2D eigenvalue weighted by Gasteiger charge is -2.35. The molecule has 0 spiro atoms. The molecule has 13 nitrogen and oxygen atoms in total. The van der Waals surface area contributed by atoms with Gasteiger partial charge in [-0.3, -0.25) is 9.59 Å². The third-order valence-electron chi connectivity index (χ3n) is 10.8. The Morgan fingerprint density at radius 2 is 1.22 bits per heavy atom. The summed E-state index contributed by atoms with van der Waals surface area (Å²) >= 11 is 0. The van der Waals surface area contributed by atoms with E-state index < -0.39 is 0 Å². The zero-order valence-corrected chi connectivity index (χ0v) is 27.8. The lowest BCUT2D eigenvalue weighted by Crippen LogP contribution is -2.49. The summed E-state index contributed by atoms with van der Waals surface area (Å²) in [6, 6.07) is 24.1. The molecular weight excluding hydrogens is 642 g/mol. The van der Waals surface area contributed by atoms with Gasteiger partial charge in [0.2, 0.25) is 0 Å². The number of anilines is 2. The van der Waals surface area contributed by atoms with Crippen LogP contribution in [0, 0.1) is 11.3 Å². The van der Waals surface area contributed by atoms with E-state index in [0.29, 0.717) is 18.2 Å². The van der Waals surface area contributed by atoms with Crippen molar-refractivity contribution in [3.05, 3.63) is 108 Å². The summed E-state index contributed by atoms with van der Waals surface area (Å²) < 4.78 is 0. The number of carbonyl (C=O) groups is 2. The Balaban J connectivity index is 0.000000137. The van der Waals surface area contributed by atoms with Crippen LogP contribution in [0.5, 0.6) is 0 Å². The molecule has 4 aliphatic rings. The van der Waals surface area contributed by atoms with Crippen LogP contribution in [-0.4, -0.2) is 102 Å². The second-order valence-electron chi connectivity index (χ2n) is 13.5. The molecule has 2 aromatic carbocycles. The first-order valence-corrected chi connectivity index (χ1v) is 17.3. The van der Waals surface area contributed by atoms with Crippen molar-refractivity contribution in [1.29, 1.82) is 5.26 Å². The summed E-state index contributed by atoms with van der Waals surface area (Å²) in [5.41, 5.74) is 3.91. The number of nitrogens with one attached hydrogen (secondary N) is 2. The van der Waals surface area contributed by atoms with E-state index in [4.69, 9.17) is 5.26 Å². The van der Waals surface area contributed by atoms with E-state index in [-0.39, 0.29) is 36.4 Å². The van der Waals surface area contributed by atoms with Crippen LogP contribution in [0.15, 0.2) is 91.8 Å². The van der Waals surface area contributed by atoms with E-state index >= 15 is 0 Å². The highest BCUT2D eigenvalue weighted by Crippen LogP contribution is 2.38. The van der Waals surface area contributed by atoms with Crippen LogP contribution in [0.2, 0.25) is 0 Å². The van der Waals surface area contributed by atoms with Gasteiger partial charge in [-0.05, 0) is 48.7 Å². The molecule has 4 bridgehead atoms. The molecule has 6 aromatic rings. The molecule has 10 rings (SSSR count). The molecule has 2 amide bonds. The second-order valence-corrected chi connectivity index (χ2v) is 13.5. The number of nitrogens with zero attached hydrogens (tertiary/aromatic N) is 9. The van der Waals surface area contributed by atoms with Gasteiger partial charge in [0.25, 0.3) is 11.8 Å². The number of amides is 2. The van der Waals surface area contributed by atoms with Crippen molar-refractivity contribution in [1.82, 2.24) is 39.7 Å². The Hall–Kier alpha value is -6.29. The number of aromatic nitrogens is 6. The van der Waals surface area contributed by atoms with Crippen molar-refractivity contribution >= 4 is 45.5 Å². The maximum atomic E-state index is 13.1. The third kappa shape index (κ3) is 5.31. The molecule has 13 heteroatoms. The fourth-order valence-electron chi connectivity index (χ4n) is 8.39. The summed E-state index contributed by atoms with van der Waals surface area (Å²) in [7, 11) is 0. The van der Waals surface area contributed by atoms with Crippen LogP contribution in [-0.2, 0) is 6.42 Å². The Kier molecular flexibility index (Phi) is 7.57. The molecule has 254 valence electrons. The second kappa shape index (κ2) is 12.5. The molecule has 0 saturated carbocycles. The largest absolute Gasteiger partial charge is 0.349 e. The van der Waals surface area contributed by atoms with Crippen LogP contribution in [0.3, 0.4) is 0 Å². The summed E-state index contributed by atoms with van der Waals surface area (Å²) in [6.07, 6.45) is 9.16. The molecule has 4 aromatic heterocycles. The van der Waals surface area contributed by atoms with Gasteiger partial charge in [-0.1, -0.05) is 36.4 Å². The minimum Gasteiger partial charge on any atom is -0.349 e. The molecule has 4 saturated heterocycles. The topological polar surface area (TPSA) is 154 Å². The van der Waals surface area contributed by atoms with Gasteiger partial charge in [0.05, 0.1) is 47.4 Å². The van der Waals surface area contributed by atoms with E-state index in [1.54, 1.807) is 12.7 Å². The quantitative estimate of drug-likeness (QED) is 0.274. The molecule has 4 fully saturated rings. The number of likely N-dealkylation sites (tertiary alicyclic amines) is 2. The SMILES string of the molecule is N#CCc1ccccc1C(=O)N1CC2CC1CN2c1ncnc2[nH]ccc12.O=C(c1ccccc1)N1CC2CC1CN2c1ncnc2[nH]ccc12. The predicted octanol–water partition coefficient (Wildman–Crippen LogP) is 4.19. The van der Waals surface area contributed by atoms with E-state index in [2.05, 4.69) is 45.8 Å². The molecule has 0 aliphatic carbocycles. The molecule has 2 N–H and O–H groups in total. The first-order valence-electron chi connectivity index (χ1n) is 17.3. The number of carbonyl (C=O) groups excluding carboxylic acids is 2. The summed E-state index contributed by atoms with van der Waals surface area (Å²) in [6.45, 7) is 3.04. The third-order valence-corrected chi connectivity index (χ3v) is 10.8. The van der Waals surface area contributed by atoms with E-state index in [1.165, 1.54) is 0 Å². The Bertz CT molecular complexity index is 2300. The number of hydrogen-bond acceptors (Lipinski definition) is 9. The van der Waals surface area contributed by atoms with Crippen LogP contribution >= 0.6 is 0 Å². The Morgan fingerprint density at radius 1 is 0.667 bits per heavy atom. The zero-order valence-electron chi connectivity index (χ0n) is 27.8. The number of H-pyrrole nitrogens is 2. The maximum Gasteiger partial charge on any atom is 0.254 e. The lowest BCUT2D eigenvalue weighted by atomic mass is 10.0. The highest BCUT2D eigenvalue weighted by molar-refractivity contribution is 5.97. The number of hydrogen-bond donors (Lipinski definition) is 2. The first kappa shape index (κ1) is 30.7.